The molecule has 0 aliphatic carbocycles. The van der Waals surface area contributed by atoms with E-state index in [0.29, 0.717) is 13.0 Å². The molecule has 0 aromatic carbocycles. The second kappa shape index (κ2) is 5.83. The zero-order chi connectivity index (χ0) is 16.5. The van der Waals surface area contributed by atoms with Crippen LogP contribution in [0.15, 0.2) is 0 Å². The van der Waals surface area contributed by atoms with Crippen LogP contribution in [0.2, 0.25) is 0 Å². The quantitative estimate of drug-likeness (QED) is 0.867. The Kier molecular flexibility index (Phi) is 4.93. The molecular weight excluding hydrogens is 274 g/mol. The van der Waals surface area contributed by atoms with Crippen LogP contribution in [0, 0.1) is 0 Å². The lowest BCUT2D eigenvalue weighted by atomic mass is 9.78. The predicted octanol–water partition coefficient (Wildman–Crippen LogP) is 2.66. The van der Waals surface area contributed by atoms with Gasteiger partial charge in [-0.1, -0.05) is 6.92 Å². The van der Waals surface area contributed by atoms with E-state index in [4.69, 9.17) is 9.47 Å². The van der Waals surface area contributed by atoms with Crippen LogP contribution < -0.4 is 0 Å². The first-order valence-electron chi connectivity index (χ1n) is 7.30. The Balaban J connectivity index is 3.05. The summed E-state index contributed by atoms with van der Waals surface area (Å²) in [6.07, 6.45) is 0.574. The van der Waals surface area contributed by atoms with Crippen molar-refractivity contribution in [2.45, 2.75) is 70.6 Å². The van der Waals surface area contributed by atoms with E-state index in [1.165, 1.54) is 11.9 Å². The highest BCUT2D eigenvalue weighted by Gasteiger charge is 2.52. The van der Waals surface area contributed by atoms with Crippen molar-refractivity contribution < 1.29 is 24.2 Å². The molecule has 1 amide bonds. The molecule has 122 valence electrons. The summed E-state index contributed by atoms with van der Waals surface area (Å²) in [6.45, 7) is 9.41. The van der Waals surface area contributed by atoms with Gasteiger partial charge in [-0.25, -0.2) is 9.59 Å². The summed E-state index contributed by atoms with van der Waals surface area (Å²) < 4.78 is 11.0. The van der Waals surface area contributed by atoms with Crippen molar-refractivity contribution in [2.75, 3.05) is 13.7 Å². The predicted molar refractivity (Wildman–Crippen MR) is 78.2 cm³/mol. The molecule has 1 aliphatic heterocycles. The van der Waals surface area contributed by atoms with Crippen LogP contribution in [-0.2, 0) is 14.3 Å². The highest BCUT2D eigenvalue weighted by molar-refractivity contribution is 5.84. The summed E-state index contributed by atoms with van der Waals surface area (Å²) >= 11 is 0. The molecule has 6 heteroatoms. The van der Waals surface area contributed by atoms with Crippen molar-refractivity contribution in [1.82, 2.24) is 4.90 Å². The third kappa shape index (κ3) is 3.87. The van der Waals surface area contributed by atoms with E-state index < -0.39 is 28.8 Å². The number of carbonyl (C=O) groups is 2. The number of ether oxygens (including phenoxy) is 2. The van der Waals surface area contributed by atoms with Gasteiger partial charge in [-0.15, -0.1) is 0 Å². The molecule has 0 bridgehead atoms. The maximum absolute atomic E-state index is 12.3. The van der Waals surface area contributed by atoms with Gasteiger partial charge in [0.2, 0.25) is 0 Å². The fourth-order valence-corrected chi connectivity index (χ4v) is 2.57. The van der Waals surface area contributed by atoms with E-state index in [1.54, 1.807) is 20.8 Å². The van der Waals surface area contributed by atoms with Gasteiger partial charge in [0, 0.05) is 19.9 Å². The minimum atomic E-state index is -1.29. The minimum Gasteiger partial charge on any atom is -0.479 e. The van der Waals surface area contributed by atoms with E-state index in [-0.39, 0.29) is 12.8 Å². The zero-order valence-corrected chi connectivity index (χ0v) is 13.9. The number of likely N-dealkylation sites (N-methyl/N-ethyl adjacent to an activating group) is 1. The number of nitrogens with zero attached hydrogens (tertiary/aromatic N) is 1. The molecule has 1 saturated heterocycles. The molecule has 0 aromatic heterocycles. The van der Waals surface area contributed by atoms with Crippen LogP contribution in [0.4, 0.5) is 4.79 Å². The molecule has 2 unspecified atom stereocenters. The van der Waals surface area contributed by atoms with Gasteiger partial charge in [-0.2, -0.15) is 0 Å². The van der Waals surface area contributed by atoms with Gasteiger partial charge >= 0.3 is 12.1 Å². The van der Waals surface area contributed by atoms with Crippen LogP contribution in [0.5, 0.6) is 0 Å². The lowest BCUT2D eigenvalue weighted by molar-refractivity contribution is -0.171. The number of rotatable bonds is 3. The van der Waals surface area contributed by atoms with Gasteiger partial charge in [0.25, 0.3) is 0 Å². The van der Waals surface area contributed by atoms with Crippen molar-refractivity contribution in [2.24, 2.45) is 0 Å². The topological polar surface area (TPSA) is 76.1 Å². The van der Waals surface area contributed by atoms with Crippen LogP contribution >= 0.6 is 0 Å². The maximum Gasteiger partial charge on any atom is 0.410 e. The van der Waals surface area contributed by atoms with Gasteiger partial charge in [0.1, 0.15) is 11.1 Å². The summed E-state index contributed by atoms with van der Waals surface area (Å²) in [7, 11) is 1.49. The molecule has 0 radical (unpaired) electrons. The number of amides is 1. The summed E-state index contributed by atoms with van der Waals surface area (Å²) in [5.74, 6) is -1.01. The Morgan fingerprint density at radius 2 is 1.95 bits per heavy atom. The molecule has 1 heterocycles. The number of hydrogen-bond donors (Lipinski definition) is 1. The maximum atomic E-state index is 12.3. The third-order valence-electron chi connectivity index (χ3n) is 4.09. The summed E-state index contributed by atoms with van der Waals surface area (Å²) in [4.78, 5) is 25.4. The smallest absolute Gasteiger partial charge is 0.410 e. The second-order valence-electron chi connectivity index (χ2n) is 6.95. The SMILES string of the molecule is CCC1(C)CC(C(=O)O)(N(C)C(=O)OC(C)(C)C)CCO1. The fraction of sp³-hybridized carbons (Fsp3) is 0.867. The minimum absolute atomic E-state index is 0.252. The van der Waals surface area contributed by atoms with Crippen molar-refractivity contribution in [3.63, 3.8) is 0 Å². The van der Waals surface area contributed by atoms with Crippen molar-refractivity contribution >= 4 is 12.1 Å². The van der Waals surface area contributed by atoms with Gasteiger partial charge in [-0.05, 0) is 34.1 Å². The van der Waals surface area contributed by atoms with Crippen molar-refractivity contribution in [3.8, 4) is 0 Å². The standard InChI is InChI=1S/C15H27NO5/c1-7-14(5)10-15(11(17)18,8-9-20-14)16(6)12(19)21-13(2,3)4/h7-10H2,1-6H3,(H,17,18). The number of carbonyl (C=O) groups excluding carboxylic acids is 1. The Morgan fingerprint density at radius 3 is 2.38 bits per heavy atom. The van der Waals surface area contributed by atoms with Crippen LogP contribution in [0.1, 0.15) is 53.9 Å². The first-order chi connectivity index (χ1) is 9.46. The van der Waals surface area contributed by atoms with Crippen LogP contribution in [-0.4, -0.2) is 52.5 Å². The van der Waals surface area contributed by atoms with Gasteiger partial charge in [0.05, 0.1) is 12.2 Å². The lowest BCUT2D eigenvalue weighted by Gasteiger charge is -2.47. The first-order valence-corrected chi connectivity index (χ1v) is 7.30. The van der Waals surface area contributed by atoms with E-state index in [2.05, 4.69) is 0 Å². The molecule has 1 rings (SSSR count). The summed E-state index contributed by atoms with van der Waals surface area (Å²) in [5.41, 5.74) is -2.50. The molecule has 21 heavy (non-hydrogen) atoms. The number of hydrogen-bond acceptors (Lipinski definition) is 4. The van der Waals surface area contributed by atoms with Crippen molar-refractivity contribution in [1.29, 1.82) is 0 Å². The number of aliphatic carboxylic acids is 1. The Hall–Kier alpha value is -1.30. The van der Waals surface area contributed by atoms with E-state index in [9.17, 15) is 14.7 Å². The second-order valence-corrected chi connectivity index (χ2v) is 6.95. The molecule has 1 aliphatic rings. The molecular formula is C15H27NO5. The first kappa shape index (κ1) is 17.8. The van der Waals surface area contributed by atoms with E-state index in [0.717, 1.165) is 0 Å². The highest BCUT2D eigenvalue weighted by atomic mass is 16.6. The molecule has 0 spiro atoms. The Bertz CT molecular complexity index is 417. The van der Waals surface area contributed by atoms with Crippen molar-refractivity contribution in [3.05, 3.63) is 0 Å². The summed E-state index contributed by atoms with van der Waals surface area (Å²) in [5, 5.41) is 9.73. The normalized spacial score (nSPS) is 29.8. The molecule has 0 saturated carbocycles. The molecule has 1 fully saturated rings. The van der Waals surface area contributed by atoms with Crippen LogP contribution in [0.25, 0.3) is 0 Å². The molecule has 2 atom stereocenters. The average Bonchev–Trinajstić information content (AvgIpc) is 2.35. The lowest BCUT2D eigenvalue weighted by Crippen LogP contribution is -2.62. The third-order valence-corrected chi connectivity index (χ3v) is 4.09. The zero-order valence-electron chi connectivity index (χ0n) is 13.9. The van der Waals surface area contributed by atoms with Gasteiger partial charge in [-0.3, -0.25) is 4.90 Å². The number of carboxylic acids is 1. The highest BCUT2D eigenvalue weighted by Crippen LogP contribution is 2.38. The molecule has 0 aromatic rings. The molecule has 6 nitrogen and oxygen atoms in total. The van der Waals surface area contributed by atoms with Crippen LogP contribution in [0.3, 0.4) is 0 Å². The van der Waals surface area contributed by atoms with E-state index in [1.807, 2.05) is 13.8 Å². The fourth-order valence-electron chi connectivity index (χ4n) is 2.57. The largest absolute Gasteiger partial charge is 0.479 e. The molecule has 1 N–H and O–H groups in total. The van der Waals surface area contributed by atoms with Gasteiger partial charge < -0.3 is 14.6 Å². The Morgan fingerprint density at radius 1 is 1.38 bits per heavy atom. The monoisotopic (exact) mass is 301 g/mol. The average molecular weight is 301 g/mol. The van der Waals surface area contributed by atoms with Gasteiger partial charge in [0.15, 0.2) is 0 Å². The Labute approximate surface area is 126 Å². The summed E-state index contributed by atoms with van der Waals surface area (Å²) in [6, 6.07) is 0. The van der Waals surface area contributed by atoms with E-state index >= 15 is 0 Å². The number of carboxylic acid groups (broad SMARTS) is 1.